The highest BCUT2D eigenvalue weighted by Crippen LogP contribution is 2.09. The monoisotopic (exact) mass is 238 g/mol. The summed E-state index contributed by atoms with van der Waals surface area (Å²) >= 11 is 0. The fourth-order valence-electron chi connectivity index (χ4n) is 1.17. The number of aromatic nitrogens is 1. The van der Waals surface area contributed by atoms with Crippen LogP contribution in [-0.2, 0) is 4.74 Å². The minimum absolute atomic E-state index is 0.0753. The van der Waals surface area contributed by atoms with Gasteiger partial charge in [-0.2, -0.15) is 0 Å². The number of carbonyl (C=O) groups excluding carboxylic acids is 1. The summed E-state index contributed by atoms with van der Waals surface area (Å²) in [5, 5.41) is 12.2. The number of pyridine rings is 1. The molecule has 0 bridgehead atoms. The van der Waals surface area contributed by atoms with Gasteiger partial charge in [-0.05, 0) is 32.9 Å². The standard InChI is InChI=1S/C12H18N2O3/c1-12(2,3)17-11(16)14-8-10(15)9-6-4-5-7-13-9/h4-7,10,15H,8H2,1-3H3,(H,14,16)/t10-/m1/s1. The topological polar surface area (TPSA) is 71.5 Å². The molecule has 0 saturated carbocycles. The molecule has 17 heavy (non-hydrogen) atoms. The zero-order valence-corrected chi connectivity index (χ0v) is 10.3. The summed E-state index contributed by atoms with van der Waals surface area (Å²) in [4.78, 5) is 15.3. The Bertz CT molecular complexity index is 360. The van der Waals surface area contributed by atoms with Crippen LogP contribution in [0.1, 0.15) is 32.6 Å². The average Bonchev–Trinajstić information content (AvgIpc) is 2.25. The predicted octanol–water partition coefficient (Wildman–Crippen LogP) is 1.64. The van der Waals surface area contributed by atoms with Crippen molar-refractivity contribution in [1.82, 2.24) is 10.3 Å². The third-order valence-corrected chi connectivity index (χ3v) is 1.87. The van der Waals surface area contributed by atoms with Crippen molar-refractivity contribution in [1.29, 1.82) is 0 Å². The summed E-state index contributed by atoms with van der Waals surface area (Å²) in [5.74, 6) is 0. The fourth-order valence-corrected chi connectivity index (χ4v) is 1.17. The highest BCUT2D eigenvalue weighted by Gasteiger charge is 2.17. The Morgan fingerprint density at radius 3 is 2.76 bits per heavy atom. The summed E-state index contributed by atoms with van der Waals surface area (Å²) in [6.07, 6.45) is 0.211. The van der Waals surface area contributed by atoms with Gasteiger partial charge in [0.25, 0.3) is 0 Å². The van der Waals surface area contributed by atoms with Gasteiger partial charge in [-0.25, -0.2) is 4.79 Å². The third kappa shape index (κ3) is 5.31. The summed E-state index contributed by atoms with van der Waals surface area (Å²) in [6, 6.07) is 5.23. The lowest BCUT2D eigenvalue weighted by Gasteiger charge is -2.20. The molecule has 0 aliphatic heterocycles. The SMILES string of the molecule is CC(C)(C)OC(=O)NC[C@@H](O)c1ccccn1. The molecule has 0 aliphatic rings. The highest BCUT2D eigenvalue weighted by molar-refractivity contribution is 5.67. The first-order valence-corrected chi connectivity index (χ1v) is 5.44. The summed E-state index contributed by atoms with van der Waals surface area (Å²) in [5.41, 5.74) is -0.0245. The second-order valence-corrected chi connectivity index (χ2v) is 4.65. The van der Waals surface area contributed by atoms with Crippen molar-refractivity contribution in [2.24, 2.45) is 0 Å². The molecule has 1 amide bonds. The van der Waals surface area contributed by atoms with Crippen molar-refractivity contribution in [3.8, 4) is 0 Å². The van der Waals surface area contributed by atoms with Crippen LogP contribution < -0.4 is 5.32 Å². The zero-order valence-electron chi connectivity index (χ0n) is 10.3. The molecule has 0 fully saturated rings. The van der Waals surface area contributed by atoms with Gasteiger partial charge in [0.2, 0.25) is 0 Å². The minimum atomic E-state index is -0.830. The maximum Gasteiger partial charge on any atom is 0.407 e. The van der Waals surface area contributed by atoms with Gasteiger partial charge in [-0.1, -0.05) is 6.07 Å². The number of aliphatic hydroxyl groups is 1. The van der Waals surface area contributed by atoms with Crippen molar-refractivity contribution in [3.63, 3.8) is 0 Å². The van der Waals surface area contributed by atoms with Crippen LogP contribution in [0.2, 0.25) is 0 Å². The van der Waals surface area contributed by atoms with Crippen LogP contribution in [0.5, 0.6) is 0 Å². The van der Waals surface area contributed by atoms with Crippen LogP contribution >= 0.6 is 0 Å². The van der Waals surface area contributed by atoms with Crippen LogP contribution in [0.4, 0.5) is 4.79 Å². The number of alkyl carbamates (subject to hydrolysis) is 1. The fraction of sp³-hybridized carbons (Fsp3) is 0.500. The van der Waals surface area contributed by atoms with Crippen molar-refractivity contribution in [2.45, 2.75) is 32.5 Å². The van der Waals surface area contributed by atoms with Gasteiger partial charge in [0.05, 0.1) is 12.2 Å². The van der Waals surface area contributed by atoms with E-state index in [4.69, 9.17) is 4.74 Å². The van der Waals surface area contributed by atoms with Crippen molar-refractivity contribution in [2.75, 3.05) is 6.54 Å². The largest absolute Gasteiger partial charge is 0.444 e. The molecule has 1 heterocycles. The normalized spacial score (nSPS) is 12.9. The minimum Gasteiger partial charge on any atom is -0.444 e. The lowest BCUT2D eigenvalue weighted by atomic mass is 10.2. The molecule has 2 N–H and O–H groups in total. The molecule has 94 valence electrons. The van der Waals surface area contributed by atoms with E-state index in [1.54, 1.807) is 45.2 Å². The van der Waals surface area contributed by atoms with Crippen molar-refractivity contribution < 1.29 is 14.6 Å². The molecule has 0 spiro atoms. The molecule has 0 unspecified atom stereocenters. The Hall–Kier alpha value is -1.62. The Morgan fingerprint density at radius 1 is 1.53 bits per heavy atom. The van der Waals surface area contributed by atoms with E-state index in [2.05, 4.69) is 10.3 Å². The van der Waals surface area contributed by atoms with Crippen molar-refractivity contribution >= 4 is 6.09 Å². The van der Waals surface area contributed by atoms with Gasteiger partial charge in [0.15, 0.2) is 0 Å². The first kappa shape index (κ1) is 13.4. The average molecular weight is 238 g/mol. The molecule has 1 atom stereocenters. The van der Waals surface area contributed by atoms with E-state index in [0.717, 1.165) is 0 Å². The Balaban J connectivity index is 2.39. The number of nitrogens with zero attached hydrogens (tertiary/aromatic N) is 1. The Labute approximate surface area is 101 Å². The molecular formula is C12H18N2O3. The first-order chi connectivity index (χ1) is 7.88. The second-order valence-electron chi connectivity index (χ2n) is 4.65. The lowest BCUT2D eigenvalue weighted by Crippen LogP contribution is -2.34. The van der Waals surface area contributed by atoms with E-state index >= 15 is 0 Å². The van der Waals surface area contributed by atoms with Crippen LogP contribution in [0.25, 0.3) is 0 Å². The second kappa shape index (κ2) is 5.63. The molecule has 5 nitrogen and oxygen atoms in total. The number of carbonyl (C=O) groups is 1. The summed E-state index contributed by atoms with van der Waals surface area (Å²) < 4.78 is 5.04. The van der Waals surface area contributed by atoms with E-state index < -0.39 is 17.8 Å². The van der Waals surface area contributed by atoms with Crippen molar-refractivity contribution in [3.05, 3.63) is 30.1 Å². The molecule has 1 rings (SSSR count). The molecule has 0 saturated heterocycles. The van der Waals surface area contributed by atoms with E-state index in [-0.39, 0.29) is 6.54 Å². The maximum absolute atomic E-state index is 11.3. The van der Waals surface area contributed by atoms with Gasteiger partial charge in [0, 0.05) is 6.20 Å². The Morgan fingerprint density at radius 2 is 2.24 bits per heavy atom. The van der Waals surface area contributed by atoms with Gasteiger partial charge in [-0.3, -0.25) is 4.98 Å². The first-order valence-electron chi connectivity index (χ1n) is 5.44. The molecule has 1 aromatic rings. The third-order valence-electron chi connectivity index (χ3n) is 1.87. The van der Waals surface area contributed by atoms with Gasteiger partial charge >= 0.3 is 6.09 Å². The lowest BCUT2D eigenvalue weighted by molar-refractivity contribution is 0.0490. The summed E-state index contributed by atoms with van der Waals surface area (Å²) in [7, 11) is 0. The molecule has 0 aromatic carbocycles. The summed E-state index contributed by atoms with van der Waals surface area (Å²) in [6.45, 7) is 5.41. The number of rotatable bonds is 3. The number of ether oxygens (including phenoxy) is 1. The zero-order chi connectivity index (χ0) is 12.9. The highest BCUT2D eigenvalue weighted by atomic mass is 16.6. The Kier molecular flexibility index (Phi) is 4.45. The van der Waals surface area contributed by atoms with Crippen LogP contribution in [0, 0.1) is 0 Å². The number of hydrogen-bond acceptors (Lipinski definition) is 4. The quantitative estimate of drug-likeness (QED) is 0.839. The van der Waals surface area contributed by atoms with E-state index in [1.807, 2.05) is 0 Å². The van der Waals surface area contributed by atoms with E-state index in [0.29, 0.717) is 5.69 Å². The van der Waals surface area contributed by atoms with Gasteiger partial charge in [0.1, 0.15) is 11.7 Å². The van der Waals surface area contributed by atoms with E-state index in [1.165, 1.54) is 0 Å². The smallest absolute Gasteiger partial charge is 0.407 e. The molecule has 0 radical (unpaired) electrons. The molecule has 5 heteroatoms. The number of hydrogen-bond donors (Lipinski definition) is 2. The number of aliphatic hydroxyl groups excluding tert-OH is 1. The maximum atomic E-state index is 11.3. The van der Waals surface area contributed by atoms with Crippen LogP contribution in [0.3, 0.4) is 0 Å². The molecule has 1 aromatic heterocycles. The van der Waals surface area contributed by atoms with Gasteiger partial charge < -0.3 is 15.2 Å². The predicted molar refractivity (Wildman–Crippen MR) is 63.4 cm³/mol. The van der Waals surface area contributed by atoms with Crippen LogP contribution in [0.15, 0.2) is 24.4 Å². The molecule has 0 aliphatic carbocycles. The molecular weight excluding hydrogens is 220 g/mol. The number of nitrogens with one attached hydrogen (secondary N) is 1. The van der Waals surface area contributed by atoms with Crippen LogP contribution in [-0.4, -0.2) is 28.3 Å². The number of amides is 1. The van der Waals surface area contributed by atoms with E-state index in [9.17, 15) is 9.90 Å². The van der Waals surface area contributed by atoms with Gasteiger partial charge in [-0.15, -0.1) is 0 Å².